The van der Waals surface area contributed by atoms with E-state index < -0.39 is 0 Å². The molecule has 1 saturated carbocycles. The predicted molar refractivity (Wildman–Crippen MR) is 54.4 cm³/mol. The van der Waals surface area contributed by atoms with Crippen LogP contribution in [0, 0.1) is 11.3 Å². The molecular weight excluding hydrogens is 160 g/mol. The molecule has 0 atom stereocenters. The summed E-state index contributed by atoms with van der Waals surface area (Å²) in [4.78, 5) is 2.33. The zero-order chi connectivity index (χ0) is 9.73. The van der Waals surface area contributed by atoms with Crippen LogP contribution in [0.15, 0.2) is 0 Å². The highest BCUT2D eigenvalue weighted by molar-refractivity contribution is 5.09. The molecule has 13 heavy (non-hydrogen) atoms. The number of rotatable bonds is 3. The van der Waals surface area contributed by atoms with Crippen molar-refractivity contribution in [3.63, 3.8) is 0 Å². The summed E-state index contributed by atoms with van der Waals surface area (Å²) in [6.07, 6.45) is 5.91. The molecule has 0 aromatic heterocycles. The first kappa shape index (κ1) is 10.5. The Bertz CT molecular complexity index is 183. The van der Waals surface area contributed by atoms with Gasteiger partial charge in [0, 0.05) is 0 Å². The van der Waals surface area contributed by atoms with Crippen molar-refractivity contribution in [2.24, 2.45) is 0 Å². The molecule has 0 radical (unpaired) electrons. The van der Waals surface area contributed by atoms with Crippen molar-refractivity contribution in [2.75, 3.05) is 13.1 Å². The predicted octanol–water partition coefficient (Wildman–Crippen LogP) is 2.55. The van der Waals surface area contributed by atoms with Crippen molar-refractivity contribution in [2.45, 2.75) is 51.5 Å². The van der Waals surface area contributed by atoms with Crippen LogP contribution >= 0.6 is 0 Å². The van der Waals surface area contributed by atoms with Crippen LogP contribution in [0.1, 0.15) is 46.0 Å². The minimum Gasteiger partial charge on any atom is -0.286 e. The molecule has 0 bridgehead atoms. The number of hydrogen-bond acceptors (Lipinski definition) is 2. The molecule has 0 aromatic rings. The molecule has 1 aliphatic rings. The Labute approximate surface area is 81.5 Å². The van der Waals surface area contributed by atoms with Gasteiger partial charge in [0.2, 0.25) is 0 Å². The van der Waals surface area contributed by atoms with Gasteiger partial charge in [0.05, 0.1) is 6.07 Å². The summed E-state index contributed by atoms with van der Waals surface area (Å²) in [5.41, 5.74) is -0.123. The van der Waals surface area contributed by atoms with Crippen LogP contribution in [0.25, 0.3) is 0 Å². The lowest BCUT2D eigenvalue weighted by Gasteiger charge is -2.40. The normalized spacial score (nSPS) is 21.4. The van der Waals surface area contributed by atoms with Crippen molar-refractivity contribution in [3.8, 4) is 6.07 Å². The molecule has 1 fully saturated rings. The van der Waals surface area contributed by atoms with Gasteiger partial charge < -0.3 is 0 Å². The highest BCUT2D eigenvalue weighted by Crippen LogP contribution is 2.32. The van der Waals surface area contributed by atoms with Crippen molar-refractivity contribution < 1.29 is 0 Å². The van der Waals surface area contributed by atoms with Gasteiger partial charge in [-0.15, -0.1) is 0 Å². The minimum absolute atomic E-state index is 0.123. The average molecular weight is 180 g/mol. The van der Waals surface area contributed by atoms with Crippen LogP contribution in [0.3, 0.4) is 0 Å². The van der Waals surface area contributed by atoms with Crippen LogP contribution in [0.4, 0.5) is 0 Å². The average Bonchev–Trinajstić information content (AvgIpc) is 2.21. The van der Waals surface area contributed by atoms with Gasteiger partial charge in [-0.05, 0) is 25.9 Å². The smallest absolute Gasteiger partial charge is 0.109 e. The first-order chi connectivity index (χ1) is 6.29. The van der Waals surface area contributed by atoms with Gasteiger partial charge in [0.15, 0.2) is 0 Å². The Morgan fingerprint density at radius 1 is 1.15 bits per heavy atom. The van der Waals surface area contributed by atoms with E-state index in [9.17, 15) is 5.26 Å². The molecule has 0 aromatic carbocycles. The summed E-state index contributed by atoms with van der Waals surface area (Å²) < 4.78 is 0. The van der Waals surface area contributed by atoms with E-state index in [1.807, 2.05) is 0 Å². The fourth-order valence-electron chi connectivity index (χ4n) is 2.46. The number of hydrogen-bond donors (Lipinski definition) is 0. The van der Waals surface area contributed by atoms with Gasteiger partial charge >= 0.3 is 0 Å². The maximum absolute atomic E-state index is 9.28. The SMILES string of the molecule is CCN(CC)C1(C#N)CCCCC1. The van der Waals surface area contributed by atoms with Crippen molar-refractivity contribution in [3.05, 3.63) is 0 Å². The fraction of sp³-hybridized carbons (Fsp3) is 0.909. The summed E-state index contributed by atoms with van der Waals surface area (Å²) in [7, 11) is 0. The van der Waals surface area contributed by atoms with Crippen LogP contribution in [-0.2, 0) is 0 Å². The number of nitriles is 1. The van der Waals surface area contributed by atoms with E-state index >= 15 is 0 Å². The molecule has 1 rings (SSSR count). The van der Waals surface area contributed by atoms with Crippen LogP contribution in [0.5, 0.6) is 0 Å². The van der Waals surface area contributed by atoms with Gasteiger partial charge in [-0.2, -0.15) is 5.26 Å². The van der Waals surface area contributed by atoms with E-state index in [4.69, 9.17) is 0 Å². The van der Waals surface area contributed by atoms with E-state index in [1.165, 1.54) is 19.3 Å². The lowest BCUT2D eigenvalue weighted by atomic mass is 9.81. The maximum atomic E-state index is 9.28. The molecule has 0 spiro atoms. The van der Waals surface area contributed by atoms with E-state index in [0.29, 0.717) is 0 Å². The summed E-state index contributed by atoms with van der Waals surface area (Å²) in [6, 6.07) is 2.55. The second-order valence-electron chi connectivity index (χ2n) is 3.88. The van der Waals surface area contributed by atoms with Gasteiger partial charge in [-0.25, -0.2) is 0 Å². The van der Waals surface area contributed by atoms with Gasteiger partial charge in [-0.1, -0.05) is 33.1 Å². The molecule has 0 amide bonds. The quantitative estimate of drug-likeness (QED) is 0.667. The lowest BCUT2D eigenvalue weighted by molar-refractivity contribution is 0.110. The van der Waals surface area contributed by atoms with Crippen LogP contribution in [0.2, 0.25) is 0 Å². The Morgan fingerprint density at radius 3 is 2.08 bits per heavy atom. The molecular formula is C11H20N2. The third kappa shape index (κ3) is 2.03. The second kappa shape index (κ2) is 4.62. The fourth-order valence-corrected chi connectivity index (χ4v) is 2.46. The molecule has 0 unspecified atom stereocenters. The largest absolute Gasteiger partial charge is 0.286 e. The second-order valence-corrected chi connectivity index (χ2v) is 3.88. The summed E-state index contributed by atoms with van der Waals surface area (Å²) in [6.45, 7) is 6.31. The van der Waals surface area contributed by atoms with Crippen molar-refractivity contribution >= 4 is 0 Å². The summed E-state index contributed by atoms with van der Waals surface area (Å²) in [5.74, 6) is 0. The Morgan fingerprint density at radius 2 is 1.69 bits per heavy atom. The standard InChI is InChI=1S/C11H20N2/c1-3-13(4-2)11(10-12)8-6-5-7-9-11/h3-9H2,1-2H3. The van der Waals surface area contributed by atoms with Gasteiger partial charge in [0.25, 0.3) is 0 Å². The lowest BCUT2D eigenvalue weighted by Crippen LogP contribution is -2.48. The monoisotopic (exact) mass is 180 g/mol. The Kier molecular flexibility index (Phi) is 3.74. The molecule has 1 aliphatic carbocycles. The molecule has 0 heterocycles. The molecule has 2 nitrogen and oxygen atoms in total. The van der Waals surface area contributed by atoms with E-state index in [-0.39, 0.29) is 5.54 Å². The zero-order valence-corrected chi connectivity index (χ0v) is 8.84. The maximum Gasteiger partial charge on any atom is 0.109 e. The van der Waals surface area contributed by atoms with Gasteiger partial charge in [0.1, 0.15) is 5.54 Å². The Hall–Kier alpha value is -0.550. The molecule has 0 N–H and O–H groups in total. The van der Waals surface area contributed by atoms with Crippen LogP contribution in [-0.4, -0.2) is 23.5 Å². The minimum atomic E-state index is -0.123. The summed E-state index contributed by atoms with van der Waals surface area (Å²) >= 11 is 0. The molecule has 0 saturated heterocycles. The van der Waals surface area contributed by atoms with Crippen molar-refractivity contribution in [1.82, 2.24) is 4.90 Å². The first-order valence-electron chi connectivity index (χ1n) is 5.45. The van der Waals surface area contributed by atoms with E-state index in [1.54, 1.807) is 0 Å². The third-order valence-corrected chi connectivity index (χ3v) is 3.26. The van der Waals surface area contributed by atoms with Gasteiger partial charge in [-0.3, -0.25) is 4.90 Å². The topological polar surface area (TPSA) is 27.0 Å². The summed E-state index contributed by atoms with van der Waals surface area (Å²) in [5, 5.41) is 9.28. The van der Waals surface area contributed by atoms with Crippen molar-refractivity contribution in [1.29, 1.82) is 5.26 Å². The van der Waals surface area contributed by atoms with E-state index in [0.717, 1.165) is 25.9 Å². The molecule has 2 heteroatoms. The highest BCUT2D eigenvalue weighted by atomic mass is 15.2. The molecule has 74 valence electrons. The van der Waals surface area contributed by atoms with E-state index in [2.05, 4.69) is 24.8 Å². The third-order valence-electron chi connectivity index (χ3n) is 3.26. The first-order valence-corrected chi connectivity index (χ1v) is 5.45. The Balaban J connectivity index is 2.72. The zero-order valence-electron chi connectivity index (χ0n) is 8.84. The highest BCUT2D eigenvalue weighted by Gasteiger charge is 2.36. The number of nitrogens with zero attached hydrogens (tertiary/aromatic N) is 2. The molecule has 0 aliphatic heterocycles. The van der Waals surface area contributed by atoms with Crippen LogP contribution < -0.4 is 0 Å².